The average Bonchev–Trinajstić information content (AvgIpc) is 3.41. The summed E-state index contributed by atoms with van der Waals surface area (Å²) in [6.07, 6.45) is 6.09. The van der Waals surface area contributed by atoms with Gasteiger partial charge in [-0.25, -0.2) is 9.67 Å². The molecule has 158 valence electrons. The highest BCUT2D eigenvalue weighted by Gasteiger charge is 2.29. The van der Waals surface area contributed by atoms with Crippen molar-refractivity contribution < 1.29 is 4.57 Å². The van der Waals surface area contributed by atoms with Crippen LogP contribution in [0.3, 0.4) is 0 Å². The Balaban J connectivity index is 1.55. The maximum Gasteiger partial charge on any atom is 0.237 e. The molecule has 1 aliphatic rings. The van der Waals surface area contributed by atoms with Crippen LogP contribution in [-0.4, -0.2) is 15.5 Å². The number of hydrogen-bond acceptors (Lipinski definition) is 3. The number of nitrogens with one attached hydrogen (secondary N) is 1. The largest absolute Gasteiger partial charge is 0.364 e. The second kappa shape index (κ2) is 8.63. The summed E-state index contributed by atoms with van der Waals surface area (Å²) in [5.41, 5.74) is 6.33. The van der Waals surface area contributed by atoms with E-state index in [1.165, 1.54) is 5.56 Å². The van der Waals surface area contributed by atoms with Crippen LogP contribution in [0.1, 0.15) is 36.7 Å². The number of rotatable bonds is 6. The molecule has 5 nitrogen and oxygen atoms in total. The Labute approximate surface area is 188 Å². The fraction of sp³-hybridized carbons (Fsp3) is 0.148. The molecule has 4 aromatic rings. The van der Waals surface area contributed by atoms with Crippen molar-refractivity contribution in [2.45, 2.75) is 26.4 Å². The van der Waals surface area contributed by atoms with E-state index in [9.17, 15) is 0 Å². The molecule has 0 amide bonds. The fourth-order valence-electron chi connectivity index (χ4n) is 3.97. The van der Waals surface area contributed by atoms with E-state index in [2.05, 4.69) is 102 Å². The lowest BCUT2D eigenvalue weighted by Crippen LogP contribution is -2.34. The Morgan fingerprint density at radius 1 is 0.938 bits per heavy atom. The van der Waals surface area contributed by atoms with Crippen molar-refractivity contribution >= 4 is 22.9 Å². The molecule has 0 bridgehead atoms. The van der Waals surface area contributed by atoms with Crippen molar-refractivity contribution in [1.29, 1.82) is 0 Å². The predicted molar refractivity (Wildman–Crippen MR) is 129 cm³/mol. The molecule has 0 unspecified atom stereocenters. The van der Waals surface area contributed by atoms with E-state index in [4.69, 9.17) is 4.99 Å². The highest BCUT2D eigenvalue weighted by atomic mass is 15.3. The Morgan fingerprint density at radius 2 is 1.66 bits per heavy atom. The topological polar surface area (TPSA) is 46.1 Å². The highest BCUT2D eigenvalue weighted by molar-refractivity contribution is 6.13. The summed E-state index contributed by atoms with van der Waals surface area (Å²) < 4.78 is 4.19. The average molecular weight is 421 g/mol. The zero-order valence-corrected chi connectivity index (χ0v) is 18.3. The van der Waals surface area contributed by atoms with E-state index in [-0.39, 0.29) is 6.04 Å². The third kappa shape index (κ3) is 3.85. The molecule has 0 fully saturated rings. The molecule has 0 radical (unpaired) electrons. The van der Waals surface area contributed by atoms with Gasteiger partial charge < -0.3 is 5.32 Å². The van der Waals surface area contributed by atoms with Crippen LogP contribution in [0.25, 0.3) is 5.70 Å². The second-order valence-electron chi connectivity index (χ2n) is 8.10. The van der Waals surface area contributed by atoms with Crippen LogP contribution >= 0.6 is 0 Å². The number of anilines is 1. The molecule has 1 aliphatic heterocycles. The summed E-state index contributed by atoms with van der Waals surface area (Å²) in [5.74, 6) is 0.931. The number of nitrogens with zero attached hydrogens (tertiary/aromatic N) is 4. The molecule has 0 saturated heterocycles. The van der Waals surface area contributed by atoms with Crippen molar-refractivity contribution in [2.24, 2.45) is 4.99 Å². The van der Waals surface area contributed by atoms with E-state index in [1.807, 2.05) is 29.1 Å². The zero-order valence-electron chi connectivity index (χ0n) is 18.3. The lowest BCUT2D eigenvalue weighted by molar-refractivity contribution is -0.577. The van der Waals surface area contributed by atoms with E-state index in [0.29, 0.717) is 6.54 Å². The molecule has 0 spiro atoms. The number of benzene rings is 2. The van der Waals surface area contributed by atoms with Crippen LogP contribution in [0.15, 0.2) is 102 Å². The summed E-state index contributed by atoms with van der Waals surface area (Å²) in [6, 6.07) is 27.2. The fourth-order valence-corrected chi connectivity index (χ4v) is 3.97. The van der Waals surface area contributed by atoms with Crippen molar-refractivity contribution in [2.75, 3.05) is 5.32 Å². The van der Waals surface area contributed by atoms with Crippen LogP contribution in [0, 0.1) is 0 Å². The van der Waals surface area contributed by atoms with E-state index in [1.54, 1.807) is 0 Å². The van der Waals surface area contributed by atoms with Crippen LogP contribution in [-0.2, 0) is 6.54 Å². The first kappa shape index (κ1) is 19.9. The zero-order chi connectivity index (χ0) is 21.9. The molecule has 2 aromatic carbocycles. The Bertz CT molecular complexity index is 1280. The third-order valence-corrected chi connectivity index (χ3v) is 5.53. The van der Waals surface area contributed by atoms with Gasteiger partial charge in [-0.2, -0.15) is 9.67 Å². The minimum absolute atomic E-state index is 0.225. The molecule has 1 N–H and O–H groups in total. The summed E-state index contributed by atoms with van der Waals surface area (Å²) in [6.45, 7) is 4.98. The van der Waals surface area contributed by atoms with Gasteiger partial charge in [-0.15, -0.1) is 0 Å². The van der Waals surface area contributed by atoms with E-state index in [0.717, 1.165) is 34.2 Å². The molecule has 5 rings (SSSR count). The van der Waals surface area contributed by atoms with E-state index < -0.39 is 0 Å². The quantitative estimate of drug-likeness (QED) is 0.425. The molecule has 2 aromatic heterocycles. The minimum Gasteiger partial charge on any atom is -0.364 e. The number of pyridine rings is 1. The normalized spacial score (nSPS) is 14.0. The van der Waals surface area contributed by atoms with Crippen molar-refractivity contribution in [1.82, 2.24) is 9.78 Å². The van der Waals surface area contributed by atoms with Gasteiger partial charge in [0.1, 0.15) is 11.4 Å². The van der Waals surface area contributed by atoms with Crippen LogP contribution in [0.2, 0.25) is 0 Å². The SMILES string of the molecule is CC(C)n1ncc(/N=C2\C=C(c3ccccc3)[n+]3ccccc32)c1NCc1ccccc1. The third-order valence-electron chi connectivity index (χ3n) is 5.53. The minimum atomic E-state index is 0.225. The maximum absolute atomic E-state index is 5.06. The monoisotopic (exact) mass is 420 g/mol. The summed E-state index contributed by atoms with van der Waals surface area (Å²) in [7, 11) is 0. The number of aromatic nitrogens is 3. The lowest BCUT2D eigenvalue weighted by atomic mass is 10.1. The summed E-state index contributed by atoms with van der Waals surface area (Å²) in [5, 5.41) is 8.19. The number of hydrogen-bond donors (Lipinski definition) is 1. The van der Waals surface area contributed by atoms with Crippen molar-refractivity contribution in [3.8, 4) is 0 Å². The molecule has 0 saturated carbocycles. The van der Waals surface area contributed by atoms with Gasteiger partial charge in [-0.3, -0.25) is 0 Å². The molecule has 0 atom stereocenters. The maximum atomic E-state index is 5.06. The number of allylic oxidation sites excluding steroid dienone is 1. The first-order valence-corrected chi connectivity index (χ1v) is 10.9. The Morgan fingerprint density at radius 3 is 2.41 bits per heavy atom. The van der Waals surface area contributed by atoms with Crippen LogP contribution in [0.4, 0.5) is 11.5 Å². The Hall–Kier alpha value is -3.99. The van der Waals surface area contributed by atoms with Crippen molar-refractivity contribution in [3.05, 3.63) is 114 Å². The van der Waals surface area contributed by atoms with Gasteiger partial charge in [-0.05, 0) is 37.6 Å². The standard InChI is InChI=1S/C27H25N5/c1-20(2)32-27(28-18-21-11-5-3-6-12-21)24(19-29-32)30-23-17-26(22-13-7-4-8-14-22)31-16-10-9-15-25(23)31/h3-17,19-20H,18H2,1-2H3/p+1. The second-order valence-corrected chi connectivity index (χ2v) is 8.10. The van der Waals surface area contributed by atoms with Crippen molar-refractivity contribution in [3.63, 3.8) is 0 Å². The molecule has 3 heterocycles. The number of aliphatic imine (C=N–C) groups is 1. The Kier molecular flexibility index (Phi) is 5.38. The predicted octanol–water partition coefficient (Wildman–Crippen LogP) is 5.39. The first-order valence-electron chi connectivity index (χ1n) is 10.9. The summed E-state index contributed by atoms with van der Waals surface area (Å²) >= 11 is 0. The lowest BCUT2D eigenvalue weighted by Gasteiger charge is -2.13. The first-order chi connectivity index (χ1) is 15.7. The van der Waals surface area contributed by atoms with Gasteiger partial charge in [-0.1, -0.05) is 48.5 Å². The van der Waals surface area contributed by atoms with Crippen LogP contribution < -0.4 is 9.88 Å². The van der Waals surface area contributed by atoms with Gasteiger partial charge in [0, 0.05) is 36.4 Å². The molecule has 5 heteroatoms. The molecule has 32 heavy (non-hydrogen) atoms. The number of fused-ring (bicyclic) bond motifs is 1. The smallest absolute Gasteiger partial charge is 0.237 e. The summed E-state index contributed by atoms with van der Waals surface area (Å²) in [4.78, 5) is 5.06. The van der Waals surface area contributed by atoms with Gasteiger partial charge in [0.15, 0.2) is 12.0 Å². The van der Waals surface area contributed by atoms with E-state index >= 15 is 0 Å². The van der Waals surface area contributed by atoms with Gasteiger partial charge in [0.2, 0.25) is 11.4 Å². The van der Waals surface area contributed by atoms with Gasteiger partial charge in [0.05, 0.1) is 6.20 Å². The molecule has 0 aliphatic carbocycles. The van der Waals surface area contributed by atoms with Gasteiger partial charge in [0.25, 0.3) is 0 Å². The molecular weight excluding hydrogens is 394 g/mol. The highest BCUT2D eigenvalue weighted by Crippen LogP contribution is 2.30. The van der Waals surface area contributed by atoms with Gasteiger partial charge >= 0.3 is 0 Å². The van der Waals surface area contributed by atoms with Crippen LogP contribution in [0.5, 0.6) is 0 Å². The molecular formula is C27H26N5+.